The van der Waals surface area contributed by atoms with Crippen molar-refractivity contribution in [2.24, 2.45) is 29.6 Å². The van der Waals surface area contributed by atoms with Gasteiger partial charge in [-0.2, -0.15) is 0 Å². The fourth-order valence-electron chi connectivity index (χ4n) is 6.90. The van der Waals surface area contributed by atoms with Gasteiger partial charge >= 0.3 is 4.87 Å². The van der Waals surface area contributed by atoms with Crippen LogP contribution in [0.1, 0.15) is 22.8 Å². The van der Waals surface area contributed by atoms with E-state index in [2.05, 4.69) is 4.98 Å². The maximum Gasteiger partial charge on any atom is 0.305 e. The molecule has 7 atom stereocenters. The number of nitrogens with zero attached hydrogens (tertiary/aromatic N) is 1. The zero-order valence-corrected chi connectivity index (χ0v) is 20.0. The maximum absolute atomic E-state index is 13.7. The predicted molar refractivity (Wildman–Crippen MR) is 129 cm³/mol. The Balaban J connectivity index is 1.32. The highest BCUT2D eigenvalue weighted by Crippen LogP contribution is 2.68. The number of aromatic amines is 1. The van der Waals surface area contributed by atoms with E-state index in [0.29, 0.717) is 10.7 Å². The number of hydrogen-bond acceptors (Lipinski definition) is 5. The number of halogens is 2. The van der Waals surface area contributed by atoms with Crippen molar-refractivity contribution in [3.8, 4) is 0 Å². The van der Waals surface area contributed by atoms with Crippen LogP contribution >= 0.6 is 34.7 Å². The summed E-state index contributed by atoms with van der Waals surface area (Å²) in [6.07, 6.45) is 0.820. The Morgan fingerprint density at radius 2 is 1.62 bits per heavy atom. The third-order valence-corrected chi connectivity index (χ3v) is 10.9. The van der Waals surface area contributed by atoms with Gasteiger partial charge in [-0.3, -0.25) is 19.3 Å². The summed E-state index contributed by atoms with van der Waals surface area (Å²) in [6, 6.07) is 13.3. The Bertz CT molecular complexity index is 1400. The van der Waals surface area contributed by atoms with Crippen LogP contribution in [0.5, 0.6) is 0 Å². The number of nitrogens with one attached hydrogen (secondary N) is 1. The Labute approximate surface area is 207 Å². The fourth-order valence-corrected chi connectivity index (χ4v) is 9.92. The number of imide groups is 1. The minimum atomic E-state index is -0.366. The van der Waals surface area contributed by atoms with Gasteiger partial charge in [-0.1, -0.05) is 35.1 Å². The number of anilines is 1. The summed E-state index contributed by atoms with van der Waals surface area (Å²) in [6.45, 7) is 0. The molecule has 172 valence electrons. The minimum absolute atomic E-state index is 0.0293. The fraction of sp³-hybridized carbons (Fsp3) is 0.320. The number of carbonyl (C=O) groups is 2. The largest absolute Gasteiger partial charge is 0.307 e. The normalized spacial score (nSPS) is 33.2. The van der Waals surface area contributed by atoms with Crippen molar-refractivity contribution < 1.29 is 14.0 Å². The van der Waals surface area contributed by atoms with Crippen LogP contribution in [0.4, 0.5) is 10.1 Å². The van der Waals surface area contributed by atoms with E-state index in [0.717, 1.165) is 21.9 Å². The molecule has 1 saturated heterocycles. The molecule has 3 fully saturated rings. The van der Waals surface area contributed by atoms with Gasteiger partial charge in [0.25, 0.3) is 0 Å². The maximum atomic E-state index is 13.7. The van der Waals surface area contributed by atoms with E-state index in [4.69, 9.17) is 11.6 Å². The van der Waals surface area contributed by atoms with E-state index in [1.807, 2.05) is 0 Å². The van der Waals surface area contributed by atoms with Crippen LogP contribution in [0, 0.1) is 35.4 Å². The number of hydrogen-bond donors (Lipinski definition) is 1. The molecule has 2 amide bonds. The zero-order chi connectivity index (χ0) is 23.3. The number of amides is 2. The lowest BCUT2D eigenvalue weighted by molar-refractivity contribution is -0.123. The summed E-state index contributed by atoms with van der Waals surface area (Å²) in [5.41, 5.74) is 1.51. The molecule has 0 spiro atoms. The monoisotopic (exact) mass is 512 g/mol. The van der Waals surface area contributed by atoms with Gasteiger partial charge < -0.3 is 4.98 Å². The summed E-state index contributed by atoms with van der Waals surface area (Å²) in [4.78, 5) is 44.6. The van der Waals surface area contributed by atoms with Crippen molar-refractivity contribution in [1.29, 1.82) is 0 Å². The lowest BCUT2D eigenvalue weighted by atomic mass is 9.68. The van der Waals surface area contributed by atoms with Crippen LogP contribution in [0.15, 0.2) is 58.4 Å². The molecule has 3 heterocycles. The van der Waals surface area contributed by atoms with Gasteiger partial charge in [0.05, 0.1) is 22.5 Å². The lowest BCUT2D eigenvalue weighted by Gasteiger charge is -2.43. The number of benzene rings is 2. The van der Waals surface area contributed by atoms with E-state index < -0.39 is 0 Å². The molecule has 2 saturated carbocycles. The highest BCUT2D eigenvalue weighted by Gasteiger charge is 2.69. The summed E-state index contributed by atoms with van der Waals surface area (Å²) < 4.78 is 13.7. The molecule has 4 aliphatic rings. The molecule has 1 aromatic heterocycles. The first-order valence-electron chi connectivity index (χ1n) is 11.2. The topological polar surface area (TPSA) is 70.2 Å². The number of H-pyrrole nitrogens is 1. The first-order chi connectivity index (χ1) is 16.4. The molecule has 34 heavy (non-hydrogen) atoms. The molecule has 2 aromatic carbocycles. The average molecular weight is 513 g/mol. The summed E-state index contributed by atoms with van der Waals surface area (Å²) in [5, 5.41) is 1.51. The van der Waals surface area contributed by atoms with Crippen molar-refractivity contribution in [3.05, 3.63) is 79.5 Å². The molecule has 0 radical (unpaired) electrons. The van der Waals surface area contributed by atoms with Crippen molar-refractivity contribution in [3.63, 3.8) is 0 Å². The Hall–Kier alpha value is -2.42. The van der Waals surface area contributed by atoms with E-state index in [-0.39, 0.29) is 63.3 Å². The molecular weight excluding hydrogens is 495 g/mol. The van der Waals surface area contributed by atoms with Crippen LogP contribution in [-0.2, 0) is 9.59 Å². The van der Waals surface area contributed by atoms with Gasteiger partial charge in [-0.05, 0) is 66.1 Å². The molecule has 2 aliphatic carbocycles. The van der Waals surface area contributed by atoms with Crippen LogP contribution < -0.4 is 9.77 Å². The number of thiazole rings is 1. The Kier molecular flexibility index (Phi) is 4.48. The second-order valence-corrected chi connectivity index (χ2v) is 12.1. The van der Waals surface area contributed by atoms with Crippen LogP contribution in [0.25, 0.3) is 0 Å². The summed E-state index contributed by atoms with van der Waals surface area (Å²) >= 11 is 8.86. The van der Waals surface area contributed by atoms with Crippen molar-refractivity contribution in [2.75, 3.05) is 4.90 Å². The summed E-state index contributed by atoms with van der Waals surface area (Å²) in [7, 11) is 0. The Morgan fingerprint density at radius 1 is 0.941 bits per heavy atom. The number of carbonyl (C=O) groups excluding carboxylic acids is 2. The quantitative estimate of drug-likeness (QED) is 0.495. The van der Waals surface area contributed by atoms with E-state index in [9.17, 15) is 18.8 Å². The number of fused-ring (bicyclic) bond motifs is 9. The second kappa shape index (κ2) is 7.29. The first kappa shape index (κ1) is 20.9. The predicted octanol–water partition coefficient (Wildman–Crippen LogP) is 4.91. The van der Waals surface area contributed by atoms with Crippen molar-refractivity contribution >= 4 is 52.2 Å². The number of thioether (sulfide) groups is 1. The molecule has 2 aliphatic heterocycles. The highest BCUT2D eigenvalue weighted by atomic mass is 35.5. The molecule has 9 heteroatoms. The molecule has 7 rings (SSSR count). The van der Waals surface area contributed by atoms with Gasteiger partial charge in [0.2, 0.25) is 11.8 Å². The van der Waals surface area contributed by atoms with Gasteiger partial charge in [-0.25, -0.2) is 4.39 Å². The van der Waals surface area contributed by atoms with E-state index >= 15 is 0 Å². The third kappa shape index (κ3) is 2.76. The van der Waals surface area contributed by atoms with Gasteiger partial charge in [0, 0.05) is 21.1 Å². The van der Waals surface area contributed by atoms with E-state index in [1.54, 1.807) is 48.2 Å². The van der Waals surface area contributed by atoms with Crippen molar-refractivity contribution in [2.45, 2.75) is 22.6 Å². The van der Waals surface area contributed by atoms with Crippen LogP contribution in [-0.4, -0.2) is 22.0 Å². The standard InChI is InChI=1S/C25H18ClFN2O3S2/c26-11-3-7-13(8-4-11)29-23(30)18-14-9-15(19(18)24(29)31)20-17(14)16(10-1-5-12(27)6-2-10)21-22(33-20)28-25(32)34-21/h1-8,14-20H,9H2,(H,28,32)/t14-,15+,16+,17+,18+,19+,20+/m0/s1. The zero-order valence-electron chi connectivity index (χ0n) is 17.6. The molecule has 3 aromatic rings. The Morgan fingerprint density at radius 3 is 2.32 bits per heavy atom. The number of aromatic nitrogens is 1. The second-order valence-electron chi connectivity index (χ2n) is 9.50. The molecule has 2 bridgehead atoms. The average Bonchev–Trinajstić information content (AvgIpc) is 3.54. The molecule has 5 nitrogen and oxygen atoms in total. The van der Waals surface area contributed by atoms with Crippen molar-refractivity contribution in [1.82, 2.24) is 4.98 Å². The van der Waals surface area contributed by atoms with Crippen LogP contribution in [0.2, 0.25) is 5.02 Å². The summed E-state index contributed by atoms with van der Waals surface area (Å²) in [5.74, 6) is -1.21. The smallest absolute Gasteiger partial charge is 0.305 e. The molecule has 0 unspecified atom stereocenters. The van der Waals surface area contributed by atoms with Gasteiger partial charge in [0.1, 0.15) is 5.82 Å². The lowest BCUT2D eigenvalue weighted by Crippen LogP contribution is -2.42. The van der Waals surface area contributed by atoms with E-state index in [1.165, 1.54) is 28.4 Å². The number of rotatable bonds is 2. The SMILES string of the molecule is O=C1[C@@H]2[C@H]3C[C@@H]([C@H]4Sc5[nH]c(=O)sc5[C@H](c5ccc(F)cc5)[C@@H]34)[C@H]2C(=O)N1c1ccc(Cl)cc1. The van der Waals surface area contributed by atoms with Gasteiger partial charge in [-0.15, -0.1) is 11.8 Å². The van der Waals surface area contributed by atoms with Crippen LogP contribution in [0.3, 0.4) is 0 Å². The third-order valence-electron chi connectivity index (χ3n) is 8.04. The molecular formula is C25H18ClFN2O3S2. The minimum Gasteiger partial charge on any atom is -0.307 e. The molecule has 1 N–H and O–H groups in total. The van der Waals surface area contributed by atoms with Gasteiger partial charge in [0.15, 0.2) is 0 Å². The first-order valence-corrected chi connectivity index (χ1v) is 13.3. The highest BCUT2D eigenvalue weighted by molar-refractivity contribution is 8.00.